The van der Waals surface area contributed by atoms with Crippen molar-refractivity contribution < 1.29 is 14.4 Å². The standard InChI is InChI=1S/C18H23N3O3/c1-10-15-16(13-6-3-7-14(13)20-18(15)24-21-10)17(23)19-12-5-2-4-11(8-12)9-22/h11-12,22H,2-9H2,1H3,(H,19,23)/t11-,12-/m1/s1. The van der Waals surface area contributed by atoms with Crippen LogP contribution in [0.25, 0.3) is 11.1 Å². The van der Waals surface area contributed by atoms with Gasteiger partial charge in [0.2, 0.25) is 0 Å². The summed E-state index contributed by atoms with van der Waals surface area (Å²) in [6, 6.07) is 0.129. The Morgan fingerprint density at radius 2 is 2.21 bits per heavy atom. The Hall–Kier alpha value is -1.95. The summed E-state index contributed by atoms with van der Waals surface area (Å²) in [4.78, 5) is 17.6. The van der Waals surface area contributed by atoms with Crippen LogP contribution in [0.15, 0.2) is 4.52 Å². The van der Waals surface area contributed by atoms with Gasteiger partial charge in [0, 0.05) is 18.3 Å². The first kappa shape index (κ1) is 15.6. The number of carbonyl (C=O) groups excluding carboxylic acids is 1. The van der Waals surface area contributed by atoms with Crippen molar-refractivity contribution in [2.45, 2.75) is 57.9 Å². The maximum Gasteiger partial charge on any atom is 0.259 e. The van der Waals surface area contributed by atoms with Gasteiger partial charge in [-0.25, -0.2) is 4.98 Å². The van der Waals surface area contributed by atoms with Gasteiger partial charge < -0.3 is 14.9 Å². The molecule has 2 atom stereocenters. The van der Waals surface area contributed by atoms with Crippen molar-refractivity contribution in [2.75, 3.05) is 6.61 Å². The number of aromatic nitrogens is 2. The van der Waals surface area contributed by atoms with E-state index >= 15 is 0 Å². The molecule has 0 aromatic carbocycles. The quantitative estimate of drug-likeness (QED) is 0.902. The number of carbonyl (C=O) groups is 1. The highest BCUT2D eigenvalue weighted by Crippen LogP contribution is 2.32. The van der Waals surface area contributed by atoms with Crippen LogP contribution in [0, 0.1) is 12.8 Å². The molecular formula is C18H23N3O3. The number of aliphatic hydroxyl groups excluding tert-OH is 1. The second-order valence-corrected chi connectivity index (χ2v) is 7.10. The first-order chi connectivity index (χ1) is 11.7. The van der Waals surface area contributed by atoms with Crippen LogP contribution in [0.1, 0.15) is 59.4 Å². The molecule has 2 heterocycles. The van der Waals surface area contributed by atoms with Crippen molar-refractivity contribution in [3.63, 3.8) is 0 Å². The predicted molar refractivity (Wildman–Crippen MR) is 88.9 cm³/mol. The molecule has 0 unspecified atom stereocenters. The van der Waals surface area contributed by atoms with Crippen molar-refractivity contribution in [2.24, 2.45) is 5.92 Å². The Morgan fingerprint density at radius 1 is 1.33 bits per heavy atom. The minimum atomic E-state index is -0.0459. The molecule has 1 saturated carbocycles. The van der Waals surface area contributed by atoms with Gasteiger partial charge in [-0.15, -0.1) is 0 Å². The predicted octanol–water partition coefficient (Wildman–Crippen LogP) is 2.30. The molecule has 2 aliphatic rings. The molecular weight excluding hydrogens is 306 g/mol. The fraction of sp³-hybridized carbons (Fsp3) is 0.611. The minimum absolute atomic E-state index is 0.0459. The third-order valence-electron chi connectivity index (χ3n) is 5.42. The highest BCUT2D eigenvalue weighted by atomic mass is 16.5. The summed E-state index contributed by atoms with van der Waals surface area (Å²) in [6.45, 7) is 2.06. The number of aryl methyl sites for hydroxylation is 2. The molecule has 24 heavy (non-hydrogen) atoms. The van der Waals surface area contributed by atoms with Gasteiger partial charge in [-0.1, -0.05) is 11.6 Å². The van der Waals surface area contributed by atoms with Gasteiger partial charge >= 0.3 is 0 Å². The fourth-order valence-corrected chi connectivity index (χ4v) is 4.21. The van der Waals surface area contributed by atoms with Gasteiger partial charge in [0.1, 0.15) is 0 Å². The highest BCUT2D eigenvalue weighted by molar-refractivity contribution is 6.07. The average Bonchev–Trinajstić information content (AvgIpc) is 3.20. The Morgan fingerprint density at radius 3 is 3.04 bits per heavy atom. The van der Waals surface area contributed by atoms with Gasteiger partial charge in [-0.3, -0.25) is 4.79 Å². The van der Waals surface area contributed by atoms with Gasteiger partial charge in [-0.2, -0.15) is 0 Å². The number of aliphatic hydroxyl groups is 1. The van der Waals surface area contributed by atoms with E-state index in [-0.39, 0.29) is 18.6 Å². The number of fused-ring (bicyclic) bond motifs is 2. The number of amides is 1. The van der Waals surface area contributed by atoms with E-state index in [2.05, 4.69) is 15.5 Å². The molecule has 2 aliphatic carbocycles. The lowest BCUT2D eigenvalue weighted by molar-refractivity contribution is 0.0906. The smallest absolute Gasteiger partial charge is 0.259 e. The number of hydrogen-bond acceptors (Lipinski definition) is 5. The first-order valence-electron chi connectivity index (χ1n) is 8.86. The second kappa shape index (κ2) is 6.16. The van der Waals surface area contributed by atoms with E-state index in [0.29, 0.717) is 22.9 Å². The van der Waals surface area contributed by atoms with Gasteiger partial charge in [0.15, 0.2) is 0 Å². The van der Waals surface area contributed by atoms with Crippen molar-refractivity contribution in [3.05, 3.63) is 22.5 Å². The van der Waals surface area contributed by atoms with Gasteiger partial charge in [0.05, 0.1) is 16.6 Å². The molecule has 1 fully saturated rings. The normalized spacial score (nSPS) is 23.4. The maximum absolute atomic E-state index is 13.1. The number of hydrogen-bond donors (Lipinski definition) is 2. The molecule has 2 aromatic rings. The van der Waals surface area contributed by atoms with Crippen LogP contribution in [-0.2, 0) is 12.8 Å². The molecule has 2 aromatic heterocycles. The summed E-state index contributed by atoms with van der Waals surface area (Å²) in [5, 5.41) is 17.3. The van der Waals surface area contributed by atoms with Crippen LogP contribution in [-0.4, -0.2) is 33.8 Å². The van der Waals surface area contributed by atoms with Crippen LogP contribution < -0.4 is 5.32 Å². The molecule has 0 bridgehead atoms. The summed E-state index contributed by atoms with van der Waals surface area (Å²) in [5.74, 6) is 0.250. The van der Waals surface area contributed by atoms with Crippen LogP contribution in [0.5, 0.6) is 0 Å². The van der Waals surface area contributed by atoms with E-state index in [0.717, 1.165) is 61.6 Å². The van der Waals surface area contributed by atoms with E-state index in [9.17, 15) is 9.90 Å². The summed E-state index contributed by atoms with van der Waals surface area (Å²) >= 11 is 0. The van der Waals surface area contributed by atoms with Crippen LogP contribution >= 0.6 is 0 Å². The molecule has 0 saturated heterocycles. The number of nitrogens with zero attached hydrogens (tertiary/aromatic N) is 2. The van der Waals surface area contributed by atoms with Gasteiger partial charge in [-0.05, 0) is 56.9 Å². The molecule has 6 heteroatoms. The zero-order valence-corrected chi connectivity index (χ0v) is 14.0. The van der Waals surface area contributed by atoms with Crippen LogP contribution in [0.4, 0.5) is 0 Å². The third kappa shape index (κ3) is 2.59. The first-order valence-corrected chi connectivity index (χ1v) is 8.86. The highest BCUT2D eigenvalue weighted by Gasteiger charge is 2.29. The second-order valence-electron chi connectivity index (χ2n) is 7.10. The maximum atomic E-state index is 13.1. The van der Waals surface area contributed by atoms with E-state index in [1.165, 1.54) is 0 Å². The van der Waals surface area contributed by atoms with Crippen molar-refractivity contribution in [1.82, 2.24) is 15.5 Å². The molecule has 2 N–H and O–H groups in total. The molecule has 0 spiro atoms. The monoisotopic (exact) mass is 329 g/mol. The third-order valence-corrected chi connectivity index (χ3v) is 5.42. The molecule has 1 amide bonds. The zero-order chi connectivity index (χ0) is 16.7. The number of nitrogens with one attached hydrogen (secondary N) is 1. The molecule has 0 radical (unpaired) electrons. The lowest BCUT2D eigenvalue weighted by Crippen LogP contribution is -2.39. The summed E-state index contributed by atoms with van der Waals surface area (Å²) in [7, 11) is 0. The Bertz CT molecular complexity index is 783. The fourth-order valence-electron chi connectivity index (χ4n) is 4.21. The van der Waals surface area contributed by atoms with E-state index < -0.39 is 0 Å². The molecule has 6 nitrogen and oxygen atoms in total. The summed E-state index contributed by atoms with van der Waals surface area (Å²) in [5.41, 5.74) is 3.92. The number of pyridine rings is 1. The van der Waals surface area contributed by atoms with Crippen molar-refractivity contribution in [1.29, 1.82) is 0 Å². The minimum Gasteiger partial charge on any atom is -0.396 e. The molecule has 4 rings (SSSR count). The van der Waals surface area contributed by atoms with Crippen LogP contribution in [0.3, 0.4) is 0 Å². The molecule has 0 aliphatic heterocycles. The number of rotatable bonds is 3. The Kier molecular flexibility index (Phi) is 4.00. The lowest BCUT2D eigenvalue weighted by Gasteiger charge is -2.28. The Balaban J connectivity index is 1.68. The Labute approximate surface area is 140 Å². The molecule has 128 valence electrons. The van der Waals surface area contributed by atoms with E-state index in [1.54, 1.807) is 0 Å². The van der Waals surface area contributed by atoms with Gasteiger partial charge in [0.25, 0.3) is 11.6 Å². The van der Waals surface area contributed by atoms with Crippen molar-refractivity contribution in [3.8, 4) is 0 Å². The van der Waals surface area contributed by atoms with Crippen molar-refractivity contribution >= 4 is 17.0 Å². The zero-order valence-electron chi connectivity index (χ0n) is 14.0. The average molecular weight is 329 g/mol. The largest absolute Gasteiger partial charge is 0.396 e. The van der Waals surface area contributed by atoms with Crippen LogP contribution in [0.2, 0.25) is 0 Å². The summed E-state index contributed by atoms with van der Waals surface area (Å²) in [6.07, 6.45) is 6.71. The van der Waals surface area contributed by atoms with E-state index in [1.807, 2.05) is 6.92 Å². The topological polar surface area (TPSA) is 88.2 Å². The summed E-state index contributed by atoms with van der Waals surface area (Å²) < 4.78 is 5.32. The van der Waals surface area contributed by atoms with E-state index in [4.69, 9.17) is 4.52 Å². The lowest BCUT2D eigenvalue weighted by atomic mass is 9.86. The SMILES string of the molecule is Cc1noc2nc3c(c(C(=O)N[C@@H]4CCC[C@@H](CO)C4)c12)CCC3.